The van der Waals surface area contributed by atoms with Crippen molar-refractivity contribution in [3.8, 4) is 5.75 Å². The molecule has 0 aliphatic carbocycles. The van der Waals surface area contributed by atoms with E-state index in [0.717, 1.165) is 35.0 Å². The number of aromatic nitrogens is 2. The molecule has 92 valence electrons. The van der Waals surface area contributed by atoms with E-state index in [1.165, 1.54) is 0 Å². The number of aryl methyl sites for hydroxylation is 1. The van der Waals surface area contributed by atoms with Crippen molar-refractivity contribution in [2.45, 2.75) is 12.8 Å². The molecule has 1 aromatic carbocycles. The van der Waals surface area contributed by atoms with E-state index in [0.29, 0.717) is 6.54 Å². The number of hydrogen-bond donors (Lipinski definition) is 2. The molecule has 18 heavy (non-hydrogen) atoms. The van der Waals surface area contributed by atoms with Gasteiger partial charge in [0.15, 0.2) is 0 Å². The minimum Gasteiger partial charge on any atom is -0.508 e. The van der Waals surface area contributed by atoms with Gasteiger partial charge >= 0.3 is 0 Å². The molecule has 0 spiro atoms. The Balaban J connectivity index is 2.19. The highest BCUT2D eigenvalue weighted by atomic mass is 16.3. The molecule has 3 N–H and O–H groups in total. The summed E-state index contributed by atoms with van der Waals surface area (Å²) < 4.78 is 1.99. The van der Waals surface area contributed by atoms with Gasteiger partial charge in [0.05, 0.1) is 5.69 Å². The fraction of sp³-hybridized carbons (Fsp3) is 0.214. The Morgan fingerprint density at radius 1 is 1.28 bits per heavy atom. The smallest absolute Gasteiger partial charge is 0.145 e. The lowest BCUT2D eigenvalue weighted by molar-refractivity contribution is 0.476. The van der Waals surface area contributed by atoms with Gasteiger partial charge in [0.1, 0.15) is 11.4 Å². The maximum Gasteiger partial charge on any atom is 0.145 e. The van der Waals surface area contributed by atoms with Crippen molar-refractivity contribution in [2.24, 2.45) is 5.73 Å². The van der Waals surface area contributed by atoms with Crippen molar-refractivity contribution in [3.63, 3.8) is 0 Å². The van der Waals surface area contributed by atoms with Gasteiger partial charge < -0.3 is 15.2 Å². The molecule has 0 atom stereocenters. The quantitative estimate of drug-likeness (QED) is 0.738. The van der Waals surface area contributed by atoms with E-state index in [2.05, 4.69) is 4.98 Å². The van der Waals surface area contributed by atoms with Crippen molar-refractivity contribution < 1.29 is 5.11 Å². The Morgan fingerprint density at radius 2 is 2.17 bits per heavy atom. The van der Waals surface area contributed by atoms with Crippen LogP contribution in [-0.2, 0) is 6.42 Å². The van der Waals surface area contributed by atoms with Crippen LogP contribution in [0.3, 0.4) is 0 Å². The topological polar surface area (TPSA) is 63.5 Å². The lowest BCUT2D eigenvalue weighted by Gasteiger charge is -2.00. The van der Waals surface area contributed by atoms with Crippen molar-refractivity contribution in [1.82, 2.24) is 9.38 Å². The van der Waals surface area contributed by atoms with Crippen LogP contribution >= 0.6 is 0 Å². The van der Waals surface area contributed by atoms with Gasteiger partial charge in [-0.2, -0.15) is 0 Å². The van der Waals surface area contributed by atoms with E-state index >= 15 is 0 Å². The summed E-state index contributed by atoms with van der Waals surface area (Å²) >= 11 is 0. The van der Waals surface area contributed by atoms with Crippen LogP contribution in [-0.4, -0.2) is 21.0 Å². The van der Waals surface area contributed by atoms with Crippen LogP contribution in [0, 0.1) is 0 Å². The zero-order valence-electron chi connectivity index (χ0n) is 10.0. The molecule has 0 radical (unpaired) electrons. The first kappa shape index (κ1) is 11.0. The zero-order valence-corrected chi connectivity index (χ0v) is 10.0. The number of phenolic OH excluding ortho intramolecular Hbond substituents is 1. The van der Waals surface area contributed by atoms with Crippen LogP contribution in [0.15, 0.2) is 36.7 Å². The second-order valence-corrected chi connectivity index (χ2v) is 4.44. The fourth-order valence-corrected chi connectivity index (χ4v) is 2.20. The summed E-state index contributed by atoms with van der Waals surface area (Å²) in [6, 6.07) is 7.37. The number of aromatic hydroxyl groups is 1. The van der Waals surface area contributed by atoms with Crippen molar-refractivity contribution in [3.05, 3.63) is 42.4 Å². The molecule has 2 heterocycles. The molecular formula is C14H15N3O. The van der Waals surface area contributed by atoms with Gasteiger partial charge in [-0.05, 0) is 43.0 Å². The summed E-state index contributed by atoms with van der Waals surface area (Å²) in [6.45, 7) is 0.676. The summed E-state index contributed by atoms with van der Waals surface area (Å²) in [4.78, 5) is 4.62. The normalized spacial score (nSPS) is 11.4. The van der Waals surface area contributed by atoms with E-state index in [1.54, 1.807) is 12.1 Å². The highest BCUT2D eigenvalue weighted by Crippen LogP contribution is 2.24. The maximum absolute atomic E-state index is 9.58. The molecule has 0 fully saturated rings. The molecule has 3 rings (SSSR count). The highest BCUT2D eigenvalue weighted by molar-refractivity contribution is 5.94. The molecule has 0 aliphatic heterocycles. The minimum absolute atomic E-state index is 0.266. The first-order valence-corrected chi connectivity index (χ1v) is 6.07. The molecule has 0 amide bonds. The van der Waals surface area contributed by atoms with Gasteiger partial charge in [-0.15, -0.1) is 0 Å². The molecule has 0 saturated heterocycles. The molecule has 2 aromatic heterocycles. The highest BCUT2D eigenvalue weighted by Gasteiger charge is 2.06. The lowest BCUT2D eigenvalue weighted by Crippen LogP contribution is -2.00. The SMILES string of the molecule is NCCCc1cn2ccc3ccc(O)cc3c2n1. The summed E-state index contributed by atoms with van der Waals surface area (Å²) in [7, 11) is 0. The molecule has 0 saturated carbocycles. The Bertz CT molecular complexity index is 703. The Kier molecular flexibility index (Phi) is 2.64. The van der Waals surface area contributed by atoms with Crippen molar-refractivity contribution >= 4 is 16.4 Å². The van der Waals surface area contributed by atoms with Gasteiger partial charge in [-0.25, -0.2) is 4.98 Å². The van der Waals surface area contributed by atoms with Crippen LogP contribution in [0.5, 0.6) is 5.75 Å². The second kappa shape index (κ2) is 4.31. The Morgan fingerprint density at radius 3 is 3.00 bits per heavy atom. The molecule has 0 aliphatic rings. The average molecular weight is 241 g/mol. The Labute approximate surface area is 105 Å². The molecular weight excluding hydrogens is 226 g/mol. The average Bonchev–Trinajstić information content (AvgIpc) is 2.79. The molecule has 3 aromatic rings. The van der Waals surface area contributed by atoms with Gasteiger partial charge in [0.25, 0.3) is 0 Å². The van der Waals surface area contributed by atoms with Crippen LogP contribution in [0.25, 0.3) is 16.4 Å². The minimum atomic E-state index is 0.266. The number of benzene rings is 1. The van der Waals surface area contributed by atoms with E-state index < -0.39 is 0 Å². The van der Waals surface area contributed by atoms with Gasteiger partial charge in [0, 0.05) is 17.8 Å². The van der Waals surface area contributed by atoms with Gasteiger partial charge in [-0.3, -0.25) is 0 Å². The summed E-state index contributed by atoms with van der Waals surface area (Å²) in [6.07, 6.45) is 5.84. The lowest BCUT2D eigenvalue weighted by atomic mass is 10.1. The second-order valence-electron chi connectivity index (χ2n) is 4.44. The van der Waals surface area contributed by atoms with Gasteiger partial charge in [0.2, 0.25) is 0 Å². The third-order valence-electron chi connectivity index (χ3n) is 3.11. The van der Waals surface area contributed by atoms with E-state index in [1.807, 2.05) is 28.9 Å². The predicted molar refractivity (Wildman–Crippen MR) is 71.7 cm³/mol. The number of rotatable bonds is 3. The maximum atomic E-state index is 9.58. The third kappa shape index (κ3) is 1.80. The molecule has 4 heteroatoms. The zero-order chi connectivity index (χ0) is 12.5. The van der Waals surface area contributed by atoms with Crippen LogP contribution < -0.4 is 5.73 Å². The van der Waals surface area contributed by atoms with Crippen molar-refractivity contribution in [2.75, 3.05) is 6.54 Å². The van der Waals surface area contributed by atoms with Gasteiger partial charge in [-0.1, -0.05) is 6.07 Å². The largest absolute Gasteiger partial charge is 0.508 e. The van der Waals surface area contributed by atoms with Crippen molar-refractivity contribution in [1.29, 1.82) is 0 Å². The monoisotopic (exact) mass is 241 g/mol. The number of pyridine rings is 1. The third-order valence-corrected chi connectivity index (χ3v) is 3.11. The van der Waals surface area contributed by atoms with Crippen LogP contribution in [0.2, 0.25) is 0 Å². The molecule has 4 nitrogen and oxygen atoms in total. The van der Waals surface area contributed by atoms with Crippen LogP contribution in [0.4, 0.5) is 0 Å². The first-order chi connectivity index (χ1) is 8.78. The first-order valence-electron chi connectivity index (χ1n) is 6.07. The van der Waals surface area contributed by atoms with E-state index in [9.17, 15) is 5.11 Å². The van der Waals surface area contributed by atoms with Crippen LogP contribution in [0.1, 0.15) is 12.1 Å². The number of nitrogens with zero attached hydrogens (tertiary/aromatic N) is 2. The predicted octanol–water partition coefficient (Wildman–Crippen LogP) is 2.08. The number of fused-ring (bicyclic) bond motifs is 3. The number of imidazole rings is 1. The summed E-state index contributed by atoms with van der Waals surface area (Å²) in [5.41, 5.74) is 7.44. The summed E-state index contributed by atoms with van der Waals surface area (Å²) in [5, 5.41) is 11.6. The molecule has 0 bridgehead atoms. The number of nitrogens with two attached hydrogens (primary N) is 1. The van der Waals surface area contributed by atoms with E-state index in [4.69, 9.17) is 5.73 Å². The molecule has 0 unspecified atom stereocenters. The van der Waals surface area contributed by atoms with E-state index in [-0.39, 0.29) is 5.75 Å². The summed E-state index contributed by atoms with van der Waals surface area (Å²) in [5.74, 6) is 0.266. The number of phenols is 1. The standard InChI is InChI=1S/C14H15N3O/c15-6-1-2-11-9-17-7-5-10-3-4-12(18)8-13(10)14(17)16-11/h3-5,7-9,18H,1-2,6,15H2. The number of hydrogen-bond acceptors (Lipinski definition) is 3. The fourth-order valence-electron chi connectivity index (χ4n) is 2.20. The Hall–Kier alpha value is -2.07.